The standard InChI is InChI=1S/C16H22O3/c1-12(19-2)11-13-5-7-14(8-6-13)16(15(17)18)9-3-4-10-16/h5-8,12H,3-4,9-11H2,1-2H3,(H,17,18). The highest BCUT2D eigenvalue weighted by molar-refractivity contribution is 5.81. The summed E-state index contributed by atoms with van der Waals surface area (Å²) in [5.41, 5.74) is 1.49. The predicted octanol–water partition coefficient (Wildman–Crippen LogP) is 3.16. The first kappa shape index (κ1) is 14.1. The van der Waals surface area contributed by atoms with E-state index in [-0.39, 0.29) is 6.10 Å². The van der Waals surface area contributed by atoms with Crippen molar-refractivity contribution in [3.63, 3.8) is 0 Å². The van der Waals surface area contributed by atoms with Gasteiger partial charge in [0.15, 0.2) is 0 Å². The molecular weight excluding hydrogens is 240 g/mol. The van der Waals surface area contributed by atoms with Crippen LogP contribution in [0.1, 0.15) is 43.7 Å². The van der Waals surface area contributed by atoms with E-state index in [1.54, 1.807) is 7.11 Å². The quantitative estimate of drug-likeness (QED) is 0.886. The van der Waals surface area contributed by atoms with Gasteiger partial charge in [-0.1, -0.05) is 37.1 Å². The van der Waals surface area contributed by atoms with Gasteiger partial charge in [0.05, 0.1) is 11.5 Å². The average molecular weight is 262 g/mol. The van der Waals surface area contributed by atoms with Gasteiger partial charge in [-0.2, -0.15) is 0 Å². The van der Waals surface area contributed by atoms with Crippen LogP contribution < -0.4 is 0 Å². The third-order valence-electron chi connectivity index (χ3n) is 4.30. The number of carboxylic acid groups (broad SMARTS) is 1. The second-order valence-electron chi connectivity index (χ2n) is 5.54. The van der Waals surface area contributed by atoms with Crippen LogP contribution in [-0.2, 0) is 21.4 Å². The van der Waals surface area contributed by atoms with E-state index in [2.05, 4.69) is 0 Å². The molecule has 1 aromatic carbocycles. The number of hydrogen-bond donors (Lipinski definition) is 1. The van der Waals surface area contributed by atoms with Crippen LogP contribution in [0.15, 0.2) is 24.3 Å². The zero-order valence-corrected chi connectivity index (χ0v) is 11.7. The Morgan fingerprint density at radius 1 is 1.32 bits per heavy atom. The SMILES string of the molecule is COC(C)Cc1ccc(C2(C(=O)O)CCCC2)cc1. The number of rotatable bonds is 5. The summed E-state index contributed by atoms with van der Waals surface area (Å²) in [6.07, 6.45) is 4.58. The molecule has 1 aliphatic carbocycles. The van der Waals surface area contributed by atoms with Crippen LogP contribution in [-0.4, -0.2) is 24.3 Å². The Morgan fingerprint density at radius 3 is 2.37 bits per heavy atom. The molecule has 1 fully saturated rings. The van der Waals surface area contributed by atoms with Gasteiger partial charge in [-0.05, 0) is 37.3 Å². The third kappa shape index (κ3) is 2.81. The molecule has 104 valence electrons. The van der Waals surface area contributed by atoms with Gasteiger partial charge in [-0.25, -0.2) is 0 Å². The second kappa shape index (κ2) is 5.74. The summed E-state index contributed by atoms with van der Waals surface area (Å²) in [6, 6.07) is 8.04. The lowest BCUT2D eigenvalue weighted by Gasteiger charge is -2.24. The molecule has 1 aromatic rings. The maximum Gasteiger partial charge on any atom is 0.314 e. The highest BCUT2D eigenvalue weighted by Gasteiger charge is 2.42. The lowest BCUT2D eigenvalue weighted by Crippen LogP contribution is -2.32. The summed E-state index contributed by atoms with van der Waals surface area (Å²) in [5, 5.41) is 9.55. The minimum atomic E-state index is -0.678. The van der Waals surface area contributed by atoms with Gasteiger partial charge >= 0.3 is 5.97 Å². The maximum atomic E-state index is 11.6. The van der Waals surface area contributed by atoms with E-state index in [0.29, 0.717) is 0 Å². The van der Waals surface area contributed by atoms with E-state index in [1.807, 2.05) is 31.2 Å². The van der Waals surface area contributed by atoms with Gasteiger partial charge in [-0.3, -0.25) is 4.79 Å². The molecule has 3 nitrogen and oxygen atoms in total. The fourth-order valence-electron chi connectivity index (χ4n) is 2.98. The molecule has 2 rings (SSSR count). The Morgan fingerprint density at radius 2 is 1.89 bits per heavy atom. The van der Waals surface area contributed by atoms with E-state index < -0.39 is 11.4 Å². The Balaban J connectivity index is 2.19. The molecular formula is C16H22O3. The van der Waals surface area contributed by atoms with E-state index in [1.165, 1.54) is 5.56 Å². The van der Waals surface area contributed by atoms with E-state index in [4.69, 9.17) is 4.74 Å². The van der Waals surface area contributed by atoms with E-state index in [0.717, 1.165) is 37.7 Å². The summed E-state index contributed by atoms with van der Waals surface area (Å²) >= 11 is 0. The Labute approximate surface area is 114 Å². The summed E-state index contributed by atoms with van der Waals surface area (Å²) in [6.45, 7) is 2.03. The van der Waals surface area contributed by atoms with Crippen LogP contribution >= 0.6 is 0 Å². The number of benzene rings is 1. The number of hydrogen-bond acceptors (Lipinski definition) is 2. The molecule has 1 aliphatic rings. The smallest absolute Gasteiger partial charge is 0.314 e. The summed E-state index contributed by atoms with van der Waals surface area (Å²) in [4.78, 5) is 11.6. The second-order valence-corrected chi connectivity index (χ2v) is 5.54. The highest BCUT2D eigenvalue weighted by atomic mass is 16.5. The monoisotopic (exact) mass is 262 g/mol. The first-order valence-corrected chi connectivity index (χ1v) is 6.94. The fourth-order valence-corrected chi connectivity index (χ4v) is 2.98. The molecule has 19 heavy (non-hydrogen) atoms. The predicted molar refractivity (Wildman–Crippen MR) is 74.4 cm³/mol. The summed E-state index contributed by atoms with van der Waals surface area (Å²) < 4.78 is 5.25. The summed E-state index contributed by atoms with van der Waals surface area (Å²) in [5.74, 6) is -0.678. The maximum absolute atomic E-state index is 11.6. The van der Waals surface area contributed by atoms with Crippen molar-refractivity contribution in [3.05, 3.63) is 35.4 Å². The van der Waals surface area contributed by atoms with E-state index >= 15 is 0 Å². The van der Waals surface area contributed by atoms with Crippen LogP contribution in [0, 0.1) is 0 Å². The zero-order valence-electron chi connectivity index (χ0n) is 11.7. The van der Waals surface area contributed by atoms with Gasteiger partial charge in [0.25, 0.3) is 0 Å². The number of aliphatic carboxylic acids is 1. The van der Waals surface area contributed by atoms with Gasteiger partial charge in [0.1, 0.15) is 0 Å². The van der Waals surface area contributed by atoms with Crippen LogP contribution in [0.5, 0.6) is 0 Å². The molecule has 0 aromatic heterocycles. The van der Waals surface area contributed by atoms with Crippen molar-refractivity contribution in [2.75, 3.05) is 7.11 Å². The van der Waals surface area contributed by atoms with Gasteiger partial charge in [0, 0.05) is 7.11 Å². The Kier molecular flexibility index (Phi) is 4.25. The molecule has 0 amide bonds. The van der Waals surface area contributed by atoms with Crippen molar-refractivity contribution in [3.8, 4) is 0 Å². The van der Waals surface area contributed by atoms with Crippen molar-refractivity contribution in [1.82, 2.24) is 0 Å². The highest BCUT2D eigenvalue weighted by Crippen LogP contribution is 2.41. The molecule has 0 spiro atoms. The Hall–Kier alpha value is -1.35. The molecule has 3 heteroatoms. The molecule has 0 bridgehead atoms. The van der Waals surface area contributed by atoms with Crippen LogP contribution in [0.25, 0.3) is 0 Å². The lowest BCUT2D eigenvalue weighted by molar-refractivity contribution is -0.143. The molecule has 1 unspecified atom stereocenters. The zero-order chi connectivity index (χ0) is 13.9. The van der Waals surface area contributed by atoms with Crippen molar-refractivity contribution < 1.29 is 14.6 Å². The molecule has 0 aliphatic heterocycles. The minimum absolute atomic E-state index is 0.186. The first-order chi connectivity index (χ1) is 9.08. The van der Waals surface area contributed by atoms with Gasteiger partial charge in [0.2, 0.25) is 0 Å². The molecule has 1 N–H and O–H groups in total. The number of carbonyl (C=O) groups is 1. The Bertz CT molecular complexity index is 430. The largest absolute Gasteiger partial charge is 0.481 e. The van der Waals surface area contributed by atoms with Crippen LogP contribution in [0.3, 0.4) is 0 Å². The van der Waals surface area contributed by atoms with Crippen molar-refractivity contribution in [1.29, 1.82) is 0 Å². The van der Waals surface area contributed by atoms with Crippen molar-refractivity contribution >= 4 is 5.97 Å². The molecule has 0 radical (unpaired) electrons. The normalized spacial score (nSPS) is 19.3. The lowest BCUT2D eigenvalue weighted by atomic mass is 9.78. The topological polar surface area (TPSA) is 46.5 Å². The van der Waals surface area contributed by atoms with Gasteiger partial charge in [-0.15, -0.1) is 0 Å². The van der Waals surface area contributed by atoms with Gasteiger partial charge < -0.3 is 9.84 Å². The average Bonchev–Trinajstić information content (AvgIpc) is 2.90. The number of carboxylic acids is 1. The number of ether oxygens (including phenoxy) is 1. The third-order valence-corrected chi connectivity index (χ3v) is 4.30. The molecule has 0 heterocycles. The number of methoxy groups -OCH3 is 1. The van der Waals surface area contributed by atoms with Crippen LogP contribution in [0.4, 0.5) is 0 Å². The summed E-state index contributed by atoms with van der Waals surface area (Å²) in [7, 11) is 1.71. The van der Waals surface area contributed by atoms with Crippen LogP contribution in [0.2, 0.25) is 0 Å². The van der Waals surface area contributed by atoms with Crippen molar-refractivity contribution in [2.24, 2.45) is 0 Å². The van der Waals surface area contributed by atoms with E-state index in [9.17, 15) is 9.90 Å². The molecule has 0 saturated heterocycles. The molecule has 1 saturated carbocycles. The minimum Gasteiger partial charge on any atom is -0.481 e. The fraction of sp³-hybridized carbons (Fsp3) is 0.562. The first-order valence-electron chi connectivity index (χ1n) is 6.94. The van der Waals surface area contributed by atoms with Crippen molar-refractivity contribution in [2.45, 2.75) is 50.5 Å². The molecule has 1 atom stereocenters.